The number of aromatic nitrogens is 1. The summed E-state index contributed by atoms with van der Waals surface area (Å²) in [5.41, 5.74) is 1.35. The largest absolute Gasteiger partial charge is 0.249 e. The first-order valence-electron chi connectivity index (χ1n) is 5.74. The van der Waals surface area contributed by atoms with Crippen molar-refractivity contribution in [1.82, 2.24) is 4.98 Å². The Bertz CT molecular complexity index is 655. The van der Waals surface area contributed by atoms with Crippen molar-refractivity contribution in [3.63, 3.8) is 0 Å². The number of fused-ring (bicyclic) bond motifs is 2. The highest BCUT2D eigenvalue weighted by atomic mass is 35.5. The van der Waals surface area contributed by atoms with Gasteiger partial charge >= 0.3 is 0 Å². The third kappa shape index (κ3) is 1.59. The van der Waals surface area contributed by atoms with Crippen LogP contribution in [-0.2, 0) is 12.8 Å². The number of rotatable bonds is 0. The van der Waals surface area contributed by atoms with E-state index in [1.165, 1.54) is 0 Å². The molecule has 1 aliphatic rings. The molecule has 94 valence electrons. The molecule has 0 spiro atoms. The SMILES string of the molecule is Fc1cc2c(Cl)c3c(nc2c(F)c1F)CCCC3. The summed E-state index contributed by atoms with van der Waals surface area (Å²) in [7, 11) is 0. The van der Waals surface area contributed by atoms with Crippen LogP contribution in [0.1, 0.15) is 24.1 Å². The first-order valence-corrected chi connectivity index (χ1v) is 6.12. The van der Waals surface area contributed by atoms with Gasteiger partial charge < -0.3 is 0 Å². The van der Waals surface area contributed by atoms with Gasteiger partial charge in [-0.3, -0.25) is 0 Å². The number of nitrogens with zero attached hydrogens (tertiary/aromatic N) is 1. The van der Waals surface area contributed by atoms with E-state index in [1.807, 2.05) is 0 Å². The van der Waals surface area contributed by atoms with Crippen LogP contribution in [0.5, 0.6) is 0 Å². The molecule has 5 heteroatoms. The minimum absolute atomic E-state index is 0.147. The summed E-state index contributed by atoms with van der Waals surface area (Å²) in [6.45, 7) is 0. The van der Waals surface area contributed by atoms with Crippen molar-refractivity contribution in [2.24, 2.45) is 0 Å². The molecule has 2 aromatic rings. The van der Waals surface area contributed by atoms with E-state index < -0.39 is 17.5 Å². The van der Waals surface area contributed by atoms with Crippen molar-refractivity contribution in [3.05, 3.63) is 39.8 Å². The summed E-state index contributed by atoms with van der Waals surface area (Å²) in [6, 6.07) is 0.915. The lowest BCUT2D eigenvalue weighted by atomic mass is 9.94. The second-order valence-electron chi connectivity index (χ2n) is 4.44. The van der Waals surface area contributed by atoms with Gasteiger partial charge in [0, 0.05) is 11.1 Å². The summed E-state index contributed by atoms with van der Waals surface area (Å²) in [4.78, 5) is 4.11. The Morgan fingerprint density at radius 3 is 2.56 bits per heavy atom. The fraction of sp³-hybridized carbons (Fsp3) is 0.308. The van der Waals surface area contributed by atoms with E-state index in [9.17, 15) is 13.2 Å². The molecule has 1 heterocycles. The number of hydrogen-bond acceptors (Lipinski definition) is 1. The number of benzene rings is 1. The van der Waals surface area contributed by atoms with Crippen molar-refractivity contribution < 1.29 is 13.2 Å². The van der Waals surface area contributed by atoms with Gasteiger partial charge in [0.1, 0.15) is 5.52 Å². The van der Waals surface area contributed by atoms with E-state index in [0.29, 0.717) is 17.1 Å². The minimum Gasteiger partial charge on any atom is -0.249 e. The quantitative estimate of drug-likeness (QED) is 0.655. The van der Waals surface area contributed by atoms with Crippen LogP contribution in [0.4, 0.5) is 13.2 Å². The fourth-order valence-electron chi connectivity index (χ4n) is 2.41. The Kier molecular flexibility index (Phi) is 2.70. The average Bonchev–Trinajstić information content (AvgIpc) is 2.38. The van der Waals surface area contributed by atoms with Gasteiger partial charge in [0.05, 0.1) is 5.02 Å². The Balaban J connectivity index is 2.42. The maximum absolute atomic E-state index is 13.7. The van der Waals surface area contributed by atoms with Crippen molar-refractivity contribution >= 4 is 22.5 Å². The lowest BCUT2D eigenvalue weighted by Crippen LogP contribution is -2.08. The van der Waals surface area contributed by atoms with Gasteiger partial charge in [-0.1, -0.05) is 11.6 Å². The number of pyridine rings is 1. The van der Waals surface area contributed by atoms with Gasteiger partial charge in [-0.25, -0.2) is 18.2 Å². The maximum Gasteiger partial charge on any atom is 0.196 e. The Labute approximate surface area is 107 Å². The third-order valence-corrected chi connectivity index (χ3v) is 3.76. The predicted octanol–water partition coefficient (Wildman–Crippen LogP) is 4.18. The first-order chi connectivity index (χ1) is 8.59. The molecule has 3 rings (SSSR count). The van der Waals surface area contributed by atoms with Gasteiger partial charge in [-0.2, -0.15) is 0 Å². The van der Waals surface area contributed by atoms with E-state index in [1.54, 1.807) is 0 Å². The van der Waals surface area contributed by atoms with Crippen LogP contribution in [0.3, 0.4) is 0 Å². The van der Waals surface area contributed by atoms with Crippen LogP contribution >= 0.6 is 11.6 Å². The molecule has 0 unspecified atom stereocenters. The van der Waals surface area contributed by atoms with Crippen LogP contribution in [0.2, 0.25) is 5.02 Å². The van der Waals surface area contributed by atoms with Gasteiger partial charge in [0.15, 0.2) is 17.5 Å². The van der Waals surface area contributed by atoms with Crippen molar-refractivity contribution in [2.45, 2.75) is 25.7 Å². The average molecular weight is 272 g/mol. The molecule has 0 fully saturated rings. The lowest BCUT2D eigenvalue weighted by molar-refractivity contribution is 0.452. The summed E-state index contributed by atoms with van der Waals surface area (Å²) >= 11 is 6.16. The van der Waals surface area contributed by atoms with Crippen molar-refractivity contribution in [2.75, 3.05) is 0 Å². The van der Waals surface area contributed by atoms with E-state index in [0.717, 1.165) is 30.9 Å². The molecule has 1 aliphatic carbocycles. The highest BCUT2D eigenvalue weighted by Gasteiger charge is 2.22. The van der Waals surface area contributed by atoms with Crippen LogP contribution in [-0.4, -0.2) is 4.98 Å². The standard InChI is InChI=1S/C13H9ClF3N/c14-10-6-3-1-2-4-9(6)18-13-7(10)5-8(15)11(16)12(13)17/h5H,1-4H2. The third-order valence-electron chi connectivity index (χ3n) is 3.32. The molecule has 0 saturated heterocycles. The van der Waals surface area contributed by atoms with Crippen LogP contribution in [0.25, 0.3) is 10.9 Å². The topological polar surface area (TPSA) is 12.9 Å². The molecule has 0 atom stereocenters. The number of halogens is 4. The maximum atomic E-state index is 13.7. The number of aryl methyl sites for hydroxylation is 1. The molecule has 1 nitrogen and oxygen atoms in total. The van der Waals surface area contributed by atoms with Crippen molar-refractivity contribution in [1.29, 1.82) is 0 Å². The first kappa shape index (κ1) is 11.8. The number of hydrogen-bond donors (Lipinski definition) is 0. The second kappa shape index (κ2) is 4.12. The molecule has 0 radical (unpaired) electrons. The van der Waals surface area contributed by atoms with Gasteiger partial charge in [0.2, 0.25) is 0 Å². The van der Waals surface area contributed by atoms with E-state index in [4.69, 9.17) is 11.6 Å². The zero-order valence-corrected chi connectivity index (χ0v) is 10.1. The van der Waals surface area contributed by atoms with Crippen LogP contribution < -0.4 is 0 Å². The highest BCUT2D eigenvalue weighted by Crippen LogP contribution is 2.34. The minimum atomic E-state index is -1.50. The molecule has 0 bridgehead atoms. The smallest absolute Gasteiger partial charge is 0.196 e. The van der Waals surface area contributed by atoms with Crippen LogP contribution in [0.15, 0.2) is 6.07 Å². The van der Waals surface area contributed by atoms with Gasteiger partial charge in [0.25, 0.3) is 0 Å². The Morgan fingerprint density at radius 2 is 1.78 bits per heavy atom. The van der Waals surface area contributed by atoms with E-state index in [2.05, 4.69) is 4.98 Å². The molecular formula is C13H9ClF3N. The van der Waals surface area contributed by atoms with Crippen molar-refractivity contribution in [3.8, 4) is 0 Å². The molecule has 0 aliphatic heterocycles. The summed E-state index contributed by atoms with van der Waals surface area (Å²) in [6.07, 6.45) is 3.38. The molecule has 0 amide bonds. The van der Waals surface area contributed by atoms with Crippen LogP contribution in [0, 0.1) is 17.5 Å². The molecule has 18 heavy (non-hydrogen) atoms. The van der Waals surface area contributed by atoms with E-state index in [-0.39, 0.29) is 10.9 Å². The second-order valence-corrected chi connectivity index (χ2v) is 4.82. The van der Waals surface area contributed by atoms with E-state index >= 15 is 0 Å². The highest BCUT2D eigenvalue weighted by molar-refractivity contribution is 6.36. The monoisotopic (exact) mass is 271 g/mol. The Hall–Kier alpha value is -1.29. The zero-order valence-electron chi connectivity index (χ0n) is 9.36. The van der Waals surface area contributed by atoms with Gasteiger partial charge in [-0.05, 0) is 37.3 Å². The summed E-state index contributed by atoms with van der Waals surface area (Å²) < 4.78 is 40.1. The molecule has 0 saturated carbocycles. The lowest BCUT2D eigenvalue weighted by Gasteiger charge is -2.18. The molecular weight excluding hydrogens is 263 g/mol. The molecule has 1 aromatic heterocycles. The zero-order chi connectivity index (χ0) is 12.9. The summed E-state index contributed by atoms with van der Waals surface area (Å²) in [5.74, 6) is -4.00. The molecule has 0 N–H and O–H groups in total. The summed E-state index contributed by atoms with van der Waals surface area (Å²) in [5, 5.41) is 0.446. The van der Waals surface area contributed by atoms with Gasteiger partial charge in [-0.15, -0.1) is 0 Å². The predicted molar refractivity (Wildman–Crippen MR) is 63.3 cm³/mol. The normalized spacial score (nSPS) is 14.9. The molecule has 1 aromatic carbocycles. The fourth-order valence-corrected chi connectivity index (χ4v) is 2.76. The Morgan fingerprint density at radius 1 is 1.06 bits per heavy atom.